The highest BCUT2D eigenvalue weighted by molar-refractivity contribution is 6.01. The number of anilines is 2. The molecule has 222 valence electrons. The molecule has 0 saturated heterocycles. The molecule has 2 amide bonds. The van der Waals surface area contributed by atoms with Crippen LogP contribution in [0.2, 0.25) is 0 Å². The molecule has 4 aliphatic rings. The summed E-state index contributed by atoms with van der Waals surface area (Å²) in [5.41, 5.74) is 8.63. The van der Waals surface area contributed by atoms with Gasteiger partial charge in [0.1, 0.15) is 22.8 Å². The zero-order valence-corrected chi connectivity index (χ0v) is 24.6. The first kappa shape index (κ1) is 27.2. The molecule has 4 aliphatic carbocycles. The third-order valence-electron chi connectivity index (χ3n) is 9.46. The van der Waals surface area contributed by atoms with Crippen LogP contribution >= 0.6 is 0 Å². The average molecular weight is 581 g/mol. The van der Waals surface area contributed by atoms with Gasteiger partial charge >= 0.3 is 0 Å². The van der Waals surface area contributed by atoms with E-state index in [2.05, 4.69) is 20.7 Å². The zero-order chi connectivity index (χ0) is 29.9. The maximum Gasteiger partial charge on any atom is 0.257 e. The van der Waals surface area contributed by atoms with Gasteiger partial charge in [-0.25, -0.2) is 0 Å². The molecule has 4 N–H and O–H groups in total. The van der Waals surface area contributed by atoms with E-state index in [0.29, 0.717) is 39.5 Å². The normalized spacial score (nSPS) is 23.7. The number of methoxy groups -OCH3 is 1. The van der Waals surface area contributed by atoms with Crippen molar-refractivity contribution in [2.45, 2.75) is 51.0 Å². The van der Waals surface area contributed by atoms with E-state index in [1.165, 1.54) is 26.4 Å². The Kier molecular flexibility index (Phi) is 6.52. The van der Waals surface area contributed by atoms with E-state index in [9.17, 15) is 9.59 Å². The standard InChI is InChI=1S/C33H36N6O4/c1-18-8-22(43-28-6-7-35-27-13-29(42-3)24(30(34)40)12-23(27)28)4-5-26(18)36-31-25(17-39(2)38-31)32(41)37-33-14-19-9-20(15-33)11-21(10-19)16-33/h4-8,12-13,17,19-21H,9-11,14-16H2,1-3H3,(H2,34,40)(H,36,38)(H,37,41). The second-order valence-corrected chi connectivity index (χ2v) is 12.7. The predicted octanol–water partition coefficient (Wildman–Crippen LogP) is 5.62. The molecule has 0 spiro atoms. The molecule has 4 aromatic rings. The van der Waals surface area contributed by atoms with Crippen LogP contribution in [0.1, 0.15) is 64.8 Å². The minimum atomic E-state index is -0.597. The van der Waals surface area contributed by atoms with E-state index >= 15 is 0 Å². The van der Waals surface area contributed by atoms with E-state index in [-0.39, 0.29) is 17.0 Å². The summed E-state index contributed by atoms with van der Waals surface area (Å²) in [6, 6.07) is 10.7. The zero-order valence-electron chi connectivity index (χ0n) is 24.6. The summed E-state index contributed by atoms with van der Waals surface area (Å²) >= 11 is 0. The lowest BCUT2D eigenvalue weighted by Crippen LogP contribution is -2.59. The summed E-state index contributed by atoms with van der Waals surface area (Å²) < 4.78 is 13.2. The van der Waals surface area contributed by atoms with Crippen LogP contribution in [-0.4, -0.2) is 39.2 Å². The van der Waals surface area contributed by atoms with Crippen molar-refractivity contribution in [2.75, 3.05) is 12.4 Å². The Morgan fingerprint density at radius 1 is 1.00 bits per heavy atom. The summed E-state index contributed by atoms with van der Waals surface area (Å²) in [6.45, 7) is 1.97. The topological polar surface area (TPSA) is 133 Å². The van der Waals surface area contributed by atoms with Gasteiger partial charge in [0.25, 0.3) is 11.8 Å². The molecule has 10 heteroatoms. The fourth-order valence-electron chi connectivity index (χ4n) is 8.01. The quantitative estimate of drug-likeness (QED) is 0.246. The summed E-state index contributed by atoms with van der Waals surface area (Å²) in [5.74, 6) is 3.60. The van der Waals surface area contributed by atoms with Crippen molar-refractivity contribution >= 4 is 34.2 Å². The monoisotopic (exact) mass is 580 g/mol. The fraction of sp³-hybridized carbons (Fsp3) is 0.394. The number of ether oxygens (including phenoxy) is 2. The van der Waals surface area contributed by atoms with Crippen LogP contribution in [0.25, 0.3) is 10.9 Å². The first-order valence-electron chi connectivity index (χ1n) is 14.9. The van der Waals surface area contributed by atoms with Crippen LogP contribution in [0.4, 0.5) is 11.5 Å². The molecule has 43 heavy (non-hydrogen) atoms. The van der Waals surface area contributed by atoms with Crippen molar-refractivity contribution in [3.05, 3.63) is 65.5 Å². The summed E-state index contributed by atoms with van der Waals surface area (Å²) in [7, 11) is 3.31. The first-order valence-corrected chi connectivity index (χ1v) is 14.9. The molecular formula is C33H36N6O4. The SMILES string of the molecule is COc1cc2nccc(Oc3ccc(Nc4nn(C)cc4C(=O)NC45CC6CC(CC(C6)C4)C5)c(C)c3)c2cc1C(N)=O. The Bertz CT molecular complexity index is 1730. The Labute approximate surface area is 250 Å². The number of rotatable bonds is 8. The number of amides is 2. The van der Waals surface area contributed by atoms with Gasteiger partial charge in [0.05, 0.1) is 18.2 Å². The molecule has 0 aliphatic heterocycles. The Balaban J connectivity index is 1.11. The number of carbonyl (C=O) groups excluding carboxylic acids is 2. The van der Waals surface area contributed by atoms with Crippen LogP contribution in [-0.2, 0) is 7.05 Å². The van der Waals surface area contributed by atoms with Crippen molar-refractivity contribution in [2.24, 2.45) is 30.5 Å². The fourth-order valence-corrected chi connectivity index (χ4v) is 8.01. The molecule has 10 nitrogen and oxygen atoms in total. The van der Waals surface area contributed by atoms with Crippen molar-refractivity contribution in [3.63, 3.8) is 0 Å². The van der Waals surface area contributed by atoms with Gasteiger partial charge in [0.15, 0.2) is 5.82 Å². The third kappa shape index (κ3) is 5.04. The highest BCUT2D eigenvalue weighted by Gasteiger charge is 2.51. The highest BCUT2D eigenvalue weighted by Crippen LogP contribution is 2.55. The number of pyridine rings is 1. The minimum absolute atomic E-state index is 0.0633. The smallest absolute Gasteiger partial charge is 0.257 e. The number of nitrogens with zero attached hydrogens (tertiary/aromatic N) is 3. The van der Waals surface area contributed by atoms with Gasteiger partial charge in [0.2, 0.25) is 0 Å². The van der Waals surface area contributed by atoms with E-state index in [4.69, 9.17) is 15.2 Å². The Morgan fingerprint density at radius 3 is 2.37 bits per heavy atom. The number of hydrogen-bond donors (Lipinski definition) is 3. The van der Waals surface area contributed by atoms with Gasteiger partial charge in [-0.05, 0) is 99.1 Å². The molecule has 2 aromatic heterocycles. The van der Waals surface area contributed by atoms with Crippen LogP contribution in [0.15, 0.2) is 48.8 Å². The molecular weight excluding hydrogens is 544 g/mol. The number of aryl methyl sites for hydroxylation is 2. The van der Waals surface area contributed by atoms with Crippen molar-refractivity contribution in [3.8, 4) is 17.2 Å². The second kappa shape index (κ2) is 10.3. The Hall–Kier alpha value is -4.60. The van der Waals surface area contributed by atoms with Gasteiger partial charge < -0.3 is 25.8 Å². The van der Waals surface area contributed by atoms with Gasteiger partial charge in [-0.15, -0.1) is 0 Å². The molecule has 2 aromatic carbocycles. The van der Waals surface area contributed by atoms with Crippen molar-refractivity contribution in [1.82, 2.24) is 20.1 Å². The van der Waals surface area contributed by atoms with Crippen molar-refractivity contribution in [1.29, 1.82) is 0 Å². The van der Waals surface area contributed by atoms with Crippen LogP contribution in [0, 0.1) is 24.7 Å². The summed E-state index contributed by atoms with van der Waals surface area (Å²) in [6.07, 6.45) is 10.7. The molecule has 8 rings (SSSR count). The highest BCUT2D eigenvalue weighted by atomic mass is 16.5. The molecule has 4 fully saturated rings. The molecule has 4 bridgehead atoms. The number of nitrogens with two attached hydrogens (primary N) is 1. The maximum atomic E-state index is 13.6. The number of primary amides is 1. The largest absolute Gasteiger partial charge is 0.496 e. The van der Waals surface area contributed by atoms with Gasteiger partial charge in [-0.2, -0.15) is 5.10 Å². The molecule has 4 saturated carbocycles. The predicted molar refractivity (Wildman–Crippen MR) is 163 cm³/mol. The van der Waals surface area contributed by atoms with E-state index in [0.717, 1.165) is 48.3 Å². The second-order valence-electron chi connectivity index (χ2n) is 12.7. The van der Waals surface area contributed by atoms with Crippen LogP contribution in [0.3, 0.4) is 0 Å². The third-order valence-corrected chi connectivity index (χ3v) is 9.46. The van der Waals surface area contributed by atoms with Crippen LogP contribution < -0.4 is 25.8 Å². The summed E-state index contributed by atoms with van der Waals surface area (Å²) in [4.78, 5) is 30.0. The van der Waals surface area contributed by atoms with Gasteiger partial charge in [0, 0.05) is 42.1 Å². The first-order chi connectivity index (χ1) is 20.7. The number of fused-ring (bicyclic) bond motifs is 1. The lowest BCUT2D eigenvalue weighted by molar-refractivity contribution is -0.0166. The lowest BCUT2D eigenvalue weighted by atomic mass is 9.53. The Morgan fingerprint density at radius 2 is 1.72 bits per heavy atom. The maximum absolute atomic E-state index is 13.6. The van der Waals surface area contributed by atoms with E-state index < -0.39 is 5.91 Å². The molecule has 2 heterocycles. The molecule has 0 radical (unpaired) electrons. The van der Waals surface area contributed by atoms with E-state index in [1.807, 2.05) is 32.2 Å². The molecule has 0 unspecified atom stereocenters. The van der Waals surface area contributed by atoms with E-state index in [1.54, 1.807) is 35.3 Å². The number of benzene rings is 2. The summed E-state index contributed by atoms with van der Waals surface area (Å²) in [5, 5.41) is 12.1. The lowest BCUT2D eigenvalue weighted by Gasteiger charge is -2.56. The number of hydrogen-bond acceptors (Lipinski definition) is 7. The number of carbonyl (C=O) groups is 2. The van der Waals surface area contributed by atoms with Crippen molar-refractivity contribution < 1.29 is 19.1 Å². The van der Waals surface area contributed by atoms with Crippen LogP contribution in [0.5, 0.6) is 17.2 Å². The van der Waals surface area contributed by atoms with Gasteiger partial charge in [-0.1, -0.05) is 0 Å². The van der Waals surface area contributed by atoms with Gasteiger partial charge in [-0.3, -0.25) is 19.3 Å². The number of nitrogens with one attached hydrogen (secondary N) is 2. The molecule has 0 atom stereocenters. The average Bonchev–Trinajstić information content (AvgIpc) is 3.33. The number of aromatic nitrogens is 3. The minimum Gasteiger partial charge on any atom is -0.496 e.